The molecule has 3 heteroatoms. The summed E-state index contributed by atoms with van der Waals surface area (Å²) in [6.07, 6.45) is 1.07. The average Bonchev–Trinajstić information content (AvgIpc) is 2.65. The van der Waals surface area contributed by atoms with E-state index >= 15 is 0 Å². The van der Waals surface area contributed by atoms with Crippen molar-refractivity contribution < 1.29 is 4.74 Å². The first kappa shape index (κ1) is 10.8. The van der Waals surface area contributed by atoms with Crippen molar-refractivity contribution in [3.63, 3.8) is 0 Å². The van der Waals surface area contributed by atoms with Gasteiger partial charge in [-0.2, -0.15) is 11.8 Å². The molecular weight excluding hydrogens is 206 g/mol. The van der Waals surface area contributed by atoms with Crippen molar-refractivity contribution in [1.29, 1.82) is 0 Å². The van der Waals surface area contributed by atoms with Crippen LogP contribution in [0.2, 0.25) is 0 Å². The lowest BCUT2D eigenvalue weighted by Crippen LogP contribution is -2.29. The maximum absolute atomic E-state index is 6.05. The van der Waals surface area contributed by atoms with Gasteiger partial charge in [0.05, 0.1) is 7.11 Å². The lowest BCUT2D eigenvalue weighted by atomic mass is 9.95. The highest BCUT2D eigenvalue weighted by atomic mass is 32.2. The summed E-state index contributed by atoms with van der Waals surface area (Å²) in [6, 6.07) is 8.64. The van der Waals surface area contributed by atoms with Gasteiger partial charge in [0, 0.05) is 11.8 Å². The highest BCUT2D eigenvalue weighted by molar-refractivity contribution is 7.99. The van der Waals surface area contributed by atoms with Crippen molar-refractivity contribution >= 4 is 11.8 Å². The van der Waals surface area contributed by atoms with Gasteiger partial charge < -0.3 is 10.5 Å². The average molecular weight is 223 g/mol. The Morgan fingerprint density at radius 3 is 3.00 bits per heavy atom. The zero-order valence-corrected chi connectivity index (χ0v) is 9.80. The quantitative estimate of drug-likeness (QED) is 0.850. The Bertz CT molecular complexity index is 329. The van der Waals surface area contributed by atoms with Crippen molar-refractivity contribution in [2.24, 2.45) is 11.7 Å². The molecule has 0 aliphatic carbocycles. The van der Waals surface area contributed by atoms with Crippen LogP contribution in [0.25, 0.3) is 0 Å². The fraction of sp³-hybridized carbons (Fsp3) is 0.500. The molecule has 1 saturated heterocycles. The number of hydrogen-bond acceptors (Lipinski definition) is 3. The third-order valence-electron chi connectivity index (χ3n) is 2.88. The lowest BCUT2D eigenvalue weighted by molar-refractivity contribution is 0.413. The van der Waals surface area contributed by atoms with E-state index in [0.29, 0.717) is 12.0 Å². The Morgan fingerprint density at radius 1 is 1.47 bits per heavy atom. The number of nitrogens with two attached hydrogens (primary N) is 1. The molecule has 0 amide bonds. The fourth-order valence-electron chi connectivity index (χ4n) is 1.93. The van der Waals surface area contributed by atoms with Crippen molar-refractivity contribution in [1.82, 2.24) is 0 Å². The van der Waals surface area contributed by atoms with Crippen LogP contribution in [-0.2, 0) is 6.42 Å². The minimum Gasteiger partial charge on any atom is -0.497 e. The molecular formula is C12H17NOS. The van der Waals surface area contributed by atoms with Gasteiger partial charge in [0.25, 0.3) is 0 Å². The van der Waals surface area contributed by atoms with E-state index < -0.39 is 0 Å². The molecule has 0 spiro atoms. The van der Waals surface area contributed by atoms with E-state index in [4.69, 9.17) is 10.5 Å². The largest absolute Gasteiger partial charge is 0.497 e. The first-order chi connectivity index (χ1) is 7.29. The maximum Gasteiger partial charge on any atom is 0.119 e. The number of hydrogen-bond donors (Lipinski definition) is 1. The van der Waals surface area contributed by atoms with E-state index in [0.717, 1.165) is 17.9 Å². The molecule has 0 bridgehead atoms. The van der Waals surface area contributed by atoms with E-state index in [9.17, 15) is 0 Å². The molecule has 2 rings (SSSR count). The van der Waals surface area contributed by atoms with Gasteiger partial charge in [-0.05, 0) is 35.8 Å². The summed E-state index contributed by atoms with van der Waals surface area (Å²) < 4.78 is 5.21. The Kier molecular flexibility index (Phi) is 3.54. The van der Waals surface area contributed by atoms with Crippen LogP contribution in [0.1, 0.15) is 5.56 Å². The summed E-state index contributed by atoms with van der Waals surface area (Å²) in [6.45, 7) is 0. The molecule has 2 nitrogen and oxygen atoms in total. The minimum absolute atomic E-state index is 0.362. The van der Waals surface area contributed by atoms with Crippen LogP contribution >= 0.6 is 11.8 Å². The summed E-state index contributed by atoms with van der Waals surface area (Å²) in [5.41, 5.74) is 7.38. The van der Waals surface area contributed by atoms with E-state index in [-0.39, 0.29) is 0 Å². The summed E-state index contributed by atoms with van der Waals surface area (Å²) in [7, 11) is 1.70. The van der Waals surface area contributed by atoms with E-state index in [2.05, 4.69) is 12.1 Å². The SMILES string of the molecule is COc1cccc(CC2CSCC2N)c1. The summed E-state index contributed by atoms with van der Waals surface area (Å²) in [4.78, 5) is 0. The van der Waals surface area contributed by atoms with Gasteiger partial charge in [-0.1, -0.05) is 12.1 Å². The summed E-state index contributed by atoms with van der Waals surface area (Å²) in [5, 5.41) is 0. The first-order valence-electron chi connectivity index (χ1n) is 5.26. The zero-order valence-electron chi connectivity index (χ0n) is 8.98. The minimum atomic E-state index is 0.362. The molecule has 1 aliphatic heterocycles. The van der Waals surface area contributed by atoms with E-state index in [1.165, 1.54) is 11.3 Å². The Morgan fingerprint density at radius 2 is 2.33 bits per heavy atom. The predicted octanol–water partition coefficient (Wildman–Crippen LogP) is 1.93. The van der Waals surface area contributed by atoms with Gasteiger partial charge in [0.15, 0.2) is 0 Å². The first-order valence-corrected chi connectivity index (χ1v) is 6.41. The third-order valence-corrected chi connectivity index (χ3v) is 4.16. The fourth-order valence-corrected chi connectivity index (χ4v) is 3.28. The van der Waals surface area contributed by atoms with Crippen LogP contribution in [0.15, 0.2) is 24.3 Å². The number of ether oxygens (including phenoxy) is 1. The van der Waals surface area contributed by atoms with Crippen LogP contribution in [0, 0.1) is 5.92 Å². The van der Waals surface area contributed by atoms with Crippen LogP contribution in [0.3, 0.4) is 0 Å². The molecule has 0 saturated carbocycles. The predicted molar refractivity (Wildman–Crippen MR) is 65.5 cm³/mol. The van der Waals surface area contributed by atoms with Crippen molar-refractivity contribution in [3.05, 3.63) is 29.8 Å². The topological polar surface area (TPSA) is 35.2 Å². The van der Waals surface area contributed by atoms with Crippen LogP contribution in [-0.4, -0.2) is 24.7 Å². The van der Waals surface area contributed by atoms with Gasteiger partial charge in [0.2, 0.25) is 0 Å². The van der Waals surface area contributed by atoms with Crippen molar-refractivity contribution in [3.8, 4) is 5.75 Å². The van der Waals surface area contributed by atoms with E-state index in [1.807, 2.05) is 23.9 Å². The Hall–Kier alpha value is -0.670. The molecule has 2 N–H and O–H groups in total. The second-order valence-corrected chi connectivity index (χ2v) is 5.09. The molecule has 2 unspecified atom stereocenters. The molecule has 1 heterocycles. The molecule has 1 aromatic rings. The van der Waals surface area contributed by atoms with Crippen molar-refractivity contribution in [2.45, 2.75) is 12.5 Å². The van der Waals surface area contributed by atoms with Gasteiger partial charge >= 0.3 is 0 Å². The number of rotatable bonds is 3. The van der Waals surface area contributed by atoms with Crippen LogP contribution < -0.4 is 10.5 Å². The van der Waals surface area contributed by atoms with Crippen LogP contribution in [0.4, 0.5) is 0 Å². The van der Waals surface area contributed by atoms with Crippen molar-refractivity contribution in [2.75, 3.05) is 18.6 Å². The number of methoxy groups -OCH3 is 1. The third kappa shape index (κ3) is 2.67. The maximum atomic E-state index is 6.05. The Balaban J connectivity index is 2.03. The second-order valence-electron chi connectivity index (χ2n) is 4.02. The van der Waals surface area contributed by atoms with Gasteiger partial charge in [-0.3, -0.25) is 0 Å². The highest BCUT2D eigenvalue weighted by Crippen LogP contribution is 2.26. The molecule has 0 aromatic heterocycles. The molecule has 1 aromatic carbocycles. The molecule has 0 radical (unpaired) electrons. The monoisotopic (exact) mass is 223 g/mol. The molecule has 1 fully saturated rings. The zero-order chi connectivity index (χ0) is 10.7. The Labute approximate surface area is 95.2 Å². The number of thioether (sulfide) groups is 1. The van der Waals surface area contributed by atoms with Gasteiger partial charge in [-0.25, -0.2) is 0 Å². The number of benzene rings is 1. The highest BCUT2D eigenvalue weighted by Gasteiger charge is 2.24. The molecule has 2 atom stereocenters. The smallest absolute Gasteiger partial charge is 0.119 e. The lowest BCUT2D eigenvalue weighted by Gasteiger charge is -2.14. The molecule has 1 aliphatic rings. The van der Waals surface area contributed by atoms with Gasteiger partial charge in [0.1, 0.15) is 5.75 Å². The second kappa shape index (κ2) is 4.90. The normalized spacial score (nSPS) is 25.5. The van der Waals surface area contributed by atoms with Crippen LogP contribution in [0.5, 0.6) is 5.75 Å². The van der Waals surface area contributed by atoms with Gasteiger partial charge in [-0.15, -0.1) is 0 Å². The standard InChI is InChI=1S/C12H17NOS/c1-14-11-4-2-3-9(6-11)5-10-7-15-8-12(10)13/h2-4,6,10,12H,5,7-8,13H2,1H3. The van der Waals surface area contributed by atoms with E-state index in [1.54, 1.807) is 7.11 Å². The summed E-state index contributed by atoms with van der Waals surface area (Å²) in [5.74, 6) is 3.86. The summed E-state index contributed by atoms with van der Waals surface area (Å²) >= 11 is 1.96. The molecule has 82 valence electrons. The molecule has 15 heavy (non-hydrogen) atoms.